The standard InChI is InChI=1S/C60H34N2S/c1-3-17-41-37(13-1)39-15-5-7-19-43(39)51-33-35(25-27-45(41)51)61-53-23-11-9-21-49(53)57-55(61)31-29-47-48-30-32-56-58(60(48)63-59(47)57)50-22-10-12-24-54(50)62(56)36-26-28-46-42-18-4-2-14-38(42)40-16-6-8-20-44(40)52(46)34-36/h1-34H. The molecule has 0 atom stereocenters. The first-order valence-corrected chi connectivity index (χ1v) is 22.6. The topological polar surface area (TPSA) is 9.86 Å². The Bertz CT molecular complexity index is 4140. The van der Waals surface area contributed by atoms with Crippen LogP contribution in [0.1, 0.15) is 0 Å². The molecule has 0 aliphatic heterocycles. The number of fused-ring (bicyclic) bond motifs is 23. The van der Waals surface area contributed by atoms with Crippen LogP contribution in [0, 0.1) is 0 Å². The maximum atomic E-state index is 2.49. The molecule has 2 nitrogen and oxygen atoms in total. The van der Waals surface area contributed by atoms with Crippen molar-refractivity contribution in [1.82, 2.24) is 9.13 Å². The first-order chi connectivity index (χ1) is 31.3. The van der Waals surface area contributed by atoms with E-state index in [0.717, 1.165) is 0 Å². The first-order valence-electron chi connectivity index (χ1n) is 21.8. The smallest absolute Gasteiger partial charge is 0.0555 e. The van der Waals surface area contributed by atoms with E-state index in [1.165, 1.54) is 140 Å². The summed E-state index contributed by atoms with van der Waals surface area (Å²) >= 11 is 1.95. The molecule has 15 rings (SSSR count). The number of nitrogens with zero attached hydrogens (tertiary/aromatic N) is 2. The largest absolute Gasteiger partial charge is 0.309 e. The Kier molecular flexibility index (Phi) is 6.59. The molecule has 290 valence electrons. The highest BCUT2D eigenvalue weighted by Gasteiger charge is 2.22. The van der Waals surface area contributed by atoms with Crippen LogP contribution in [0.25, 0.3) is 140 Å². The van der Waals surface area contributed by atoms with E-state index < -0.39 is 0 Å². The van der Waals surface area contributed by atoms with E-state index in [0.29, 0.717) is 0 Å². The van der Waals surface area contributed by atoms with E-state index in [1.54, 1.807) is 0 Å². The monoisotopic (exact) mass is 814 g/mol. The summed E-state index contributed by atoms with van der Waals surface area (Å²) in [6.45, 7) is 0. The minimum absolute atomic E-state index is 1.18. The molecule has 0 spiro atoms. The van der Waals surface area contributed by atoms with Crippen LogP contribution in [-0.4, -0.2) is 9.13 Å². The van der Waals surface area contributed by atoms with Gasteiger partial charge in [-0.2, -0.15) is 0 Å². The molecule has 0 amide bonds. The normalized spacial score (nSPS) is 12.4. The molecule has 3 aromatic heterocycles. The third-order valence-electron chi connectivity index (χ3n) is 14.0. The quantitative estimate of drug-likeness (QED) is 0.154. The van der Waals surface area contributed by atoms with Gasteiger partial charge in [-0.15, -0.1) is 11.3 Å². The van der Waals surface area contributed by atoms with Crippen molar-refractivity contribution < 1.29 is 0 Å². The van der Waals surface area contributed by atoms with Crippen molar-refractivity contribution >= 4 is 140 Å². The van der Waals surface area contributed by atoms with Crippen molar-refractivity contribution in [2.45, 2.75) is 0 Å². The zero-order valence-electron chi connectivity index (χ0n) is 33.9. The van der Waals surface area contributed by atoms with E-state index in [2.05, 4.69) is 215 Å². The van der Waals surface area contributed by atoms with Crippen LogP contribution < -0.4 is 0 Å². The number of benzene rings is 12. The van der Waals surface area contributed by atoms with Crippen LogP contribution in [0.4, 0.5) is 0 Å². The summed E-state index contributed by atoms with van der Waals surface area (Å²) in [4.78, 5) is 0. The molecule has 0 fully saturated rings. The number of aromatic nitrogens is 2. The fourth-order valence-corrected chi connectivity index (χ4v) is 12.8. The van der Waals surface area contributed by atoms with Gasteiger partial charge in [-0.1, -0.05) is 158 Å². The summed E-state index contributed by atoms with van der Waals surface area (Å²) in [7, 11) is 0. The molecule has 0 aliphatic carbocycles. The maximum absolute atomic E-state index is 2.49. The lowest BCUT2D eigenvalue weighted by Gasteiger charge is -2.14. The molecule has 0 unspecified atom stereocenters. The van der Waals surface area contributed by atoms with Gasteiger partial charge in [-0.25, -0.2) is 0 Å². The third-order valence-corrected chi connectivity index (χ3v) is 15.3. The molecular formula is C60H34N2S. The molecule has 3 heteroatoms. The molecule has 0 N–H and O–H groups in total. The number of para-hydroxylation sites is 2. The van der Waals surface area contributed by atoms with E-state index in [-0.39, 0.29) is 0 Å². The Morgan fingerprint density at radius 3 is 0.873 bits per heavy atom. The van der Waals surface area contributed by atoms with Gasteiger partial charge < -0.3 is 9.13 Å². The van der Waals surface area contributed by atoms with Gasteiger partial charge in [-0.3, -0.25) is 0 Å². The average molecular weight is 815 g/mol. The minimum Gasteiger partial charge on any atom is -0.309 e. The third kappa shape index (κ3) is 4.41. The number of hydrogen-bond donors (Lipinski definition) is 0. The van der Waals surface area contributed by atoms with Crippen LogP contribution in [0.5, 0.6) is 0 Å². The second kappa shape index (κ2) is 12.3. The highest BCUT2D eigenvalue weighted by molar-refractivity contribution is 7.27. The Morgan fingerprint density at radius 1 is 0.222 bits per heavy atom. The zero-order valence-corrected chi connectivity index (χ0v) is 34.7. The van der Waals surface area contributed by atoms with E-state index in [4.69, 9.17) is 0 Å². The predicted octanol–water partition coefficient (Wildman–Crippen LogP) is 17.2. The number of hydrogen-bond acceptors (Lipinski definition) is 1. The van der Waals surface area contributed by atoms with Gasteiger partial charge in [0.05, 0.1) is 22.1 Å². The van der Waals surface area contributed by atoms with E-state index in [1.807, 2.05) is 11.3 Å². The van der Waals surface area contributed by atoms with Crippen molar-refractivity contribution in [1.29, 1.82) is 0 Å². The summed E-state index contributed by atoms with van der Waals surface area (Å²) in [5.41, 5.74) is 7.26. The van der Waals surface area contributed by atoms with Crippen LogP contribution in [0.2, 0.25) is 0 Å². The summed E-state index contributed by atoms with van der Waals surface area (Å²) < 4.78 is 7.66. The highest BCUT2D eigenvalue weighted by atomic mass is 32.1. The number of rotatable bonds is 2. The lowest BCUT2D eigenvalue weighted by molar-refractivity contribution is 1.19. The Morgan fingerprint density at radius 2 is 0.508 bits per heavy atom. The van der Waals surface area contributed by atoms with Gasteiger partial charge in [-0.05, 0) is 113 Å². The summed E-state index contributed by atoms with van der Waals surface area (Å²) in [5.74, 6) is 0. The van der Waals surface area contributed by atoms with Crippen molar-refractivity contribution in [3.63, 3.8) is 0 Å². The van der Waals surface area contributed by atoms with Gasteiger partial charge in [0.25, 0.3) is 0 Å². The van der Waals surface area contributed by atoms with E-state index >= 15 is 0 Å². The molecule has 0 aliphatic rings. The second-order valence-electron chi connectivity index (χ2n) is 17.1. The SMILES string of the molecule is c1ccc2c(c1)c1ccccc1c1cc(-n3c4ccccc4c4c5sc6c(ccc7c6c6ccccc6n7-c6ccc7c8ccccc8c8ccccc8c7c6)c5ccc43)ccc21. The molecular weight excluding hydrogens is 781 g/mol. The molecule has 0 saturated carbocycles. The zero-order chi connectivity index (χ0) is 40.9. The fourth-order valence-electron chi connectivity index (χ4n) is 11.4. The van der Waals surface area contributed by atoms with Crippen molar-refractivity contribution in [2.75, 3.05) is 0 Å². The lowest BCUT2D eigenvalue weighted by atomic mass is 9.94. The lowest BCUT2D eigenvalue weighted by Crippen LogP contribution is -1.94. The Balaban J connectivity index is 0.997. The molecule has 12 aromatic carbocycles. The van der Waals surface area contributed by atoms with Crippen molar-refractivity contribution in [3.05, 3.63) is 206 Å². The summed E-state index contributed by atoms with van der Waals surface area (Å²) in [5, 5.41) is 23.3. The van der Waals surface area contributed by atoms with Crippen LogP contribution in [0.3, 0.4) is 0 Å². The fraction of sp³-hybridized carbons (Fsp3) is 0. The summed E-state index contributed by atoms with van der Waals surface area (Å²) in [6.07, 6.45) is 0. The van der Waals surface area contributed by atoms with Gasteiger partial charge in [0.15, 0.2) is 0 Å². The summed E-state index contributed by atoms with van der Waals surface area (Å²) in [6, 6.07) is 77.0. The first kappa shape index (κ1) is 33.7. The maximum Gasteiger partial charge on any atom is 0.0555 e. The highest BCUT2D eigenvalue weighted by Crippen LogP contribution is 2.48. The second-order valence-corrected chi connectivity index (χ2v) is 18.1. The van der Waals surface area contributed by atoms with Gasteiger partial charge in [0.1, 0.15) is 0 Å². The van der Waals surface area contributed by atoms with Gasteiger partial charge in [0.2, 0.25) is 0 Å². The Hall–Kier alpha value is -7.98. The molecule has 0 bridgehead atoms. The average Bonchev–Trinajstić information content (AvgIpc) is 4.02. The van der Waals surface area contributed by atoms with Crippen LogP contribution in [-0.2, 0) is 0 Å². The van der Waals surface area contributed by atoms with Crippen molar-refractivity contribution in [3.8, 4) is 11.4 Å². The van der Waals surface area contributed by atoms with Crippen molar-refractivity contribution in [2.24, 2.45) is 0 Å². The minimum atomic E-state index is 1.18. The molecule has 3 heterocycles. The molecule has 15 aromatic rings. The molecule has 0 saturated heterocycles. The molecule has 63 heavy (non-hydrogen) atoms. The number of thiophene rings is 1. The van der Waals surface area contributed by atoms with Crippen LogP contribution in [0.15, 0.2) is 206 Å². The predicted molar refractivity (Wildman–Crippen MR) is 273 cm³/mol. The molecule has 0 radical (unpaired) electrons. The Labute approximate surface area is 364 Å². The van der Waals surface area contributed by atoms with Gasteiger partial charge >= 0.3 is 0 Å². The van der Waals surface area contributed by atoms with Gasteiger partial charge in [0, 0.05) is 53.1 Å². The van der Waals surface area contributed by atoms with E-state index in [9.17, 15) is 0 Å². The van der Waals surface area contributed by atoms with Crippen LogP contribution >= 0.6 is 11.3 Å².